The normalized spacial score (nSPS) is 10.7. The molecule has 0 aliphatic heterocycles. The van der Waals surface area contributed by atoms with Crippen molar-refractivity contribution in [1.29, 1.82) is 0 Å². The topological polar surface area (TPSA) is 77.6 Å². The number of hydrogen-bond acceptors (Lipinski definition) is 8. The van der Waals surface area contributed by atoms with Crippen molar-refractivity contribution < 1.29 is 4.42 Å². The van der Waals surface area contributed by atoms with Crippen LogP contribution in [0.4, 0.5) is 0 Å². The van der Waals surface area contributed by atoms with Gasteiger partial charge in [-0.15, -0.1) is 10.2 Å². The number of hydrogen-bond donors (Lipinski definition) is 0. The monoisotopic (exact) mass is 317 g/mol. The Kier molecular flexibility index (Phi) is 4.80. The Morgan fingerprint density at radius 1 is 0.905 bits per heavy atom. The van der Waals surface area contributed by atoms with Crippen LogP contribution < -0.4 is 0 Å². The largest absolute Gasteiger partial charge is 0.415 e. The lowest BCUT2D eigenvalue weighted by Gasteiger charge is -1.96. The van der Waals surface area contributed by atoms with Gasteiger partial charge in [0.25, 0.3) is 5.22 Å². The molecule has 0 aromatic carbocycles. The maximum atomic E-state index is 5.58. The number of rotatable bonds is 6. The first-order valence-corrected chi connectivity index (χ1v) is 8.11. The minimum absolute atomic E-state index is 0.562. The van der Waals surface area contributed by atoms with Crippen LogP contribution in [0.5, 0.6) is 0 Å². The zero-order valence-corrected chi connectivity index (χ0v) is 12.5. The molecule has 0 saturated heterocycles. The van der Waals surface area contributed by atoms with Gasteiger partial charge in [0.15, 0.2) is 5.16 Å². The minimum Gasteiger partial charge on any atom is -0.415 e. The molecule has 6 nitrogen and oxygen atoms in total. The Labute approximate surface area is 129 Å². The lowest BCUT2D eigenvalue weighted by molar-refractivity contribution is 0.426. The summed E-state index contributed by atoms with van der Waals surface area (Å²) in [5, 5.41) is 9.30. The lowest BCUT2D eigenvalue weighted by atomic mass is 10.3. The van der Waals surface area contributed by atoms with E-state index in [4.69, 9.17) is 4.42 Å². The van der Waals surface area contributed by atoms with E-state index in [1.165, 1.54) is 29.1 Å². The van der Waals surface area contributed by atoms with Crippen LogP contribution in [0.2, 0.25) is 0 Å². The molecule has 0 saturated carbocycles. The third-order valence-electron chi connectivity index (χ3n) is 2.43. The van der Waals surface area contributed by atoms with Crippen molar-refractivity contribution in [3.63, 3.8) is 0 Å². The predicted octanol–water partition coefficient (Wildman–Crippen LogP) is 2.84. The average Bonchev–Trinajstić information content (AvgIpc) is 3.01. The average molecular weight is 317 g/mol. The summed E-state index contributed by atoms with van der Waals surface area (Å²) in [6.45, 7) is 0. The van der Waals surface area contributed by atoms with Gasteiger partial charge in [0.05, 0.1) is 5.75 Å². The molecule has 0 radical (unpaired) electrons. The van der Waals surface area contributed by atoms with E-state index in [-0.39, 0.29) is 0 Å². The van der Waals surface area contributed by atoms with Crippen LogP contribution in [-0.4, -0.2) is 25.1 Å². The first kappa shape index (κ1) is 14.0. The van der Waals surface area contributed by atoms with E-state index < -0.39 is 0 Å². The Bertz CT molecular complexity index is 619. The molecule has 0 atom stereocenters. The highest BCUT2D eigenvalue weighted by Crippen LogP contribution is 2.23. The molecule has 8 heteroatoms. The van der Waals surface area contributed by atoms with Crippen LogP contribution in [0, 0.1) is 0 Å². The Morgan fingerprint density at radius 2 is 1.71 bits per heavy atom. The van der Waals surface area contributed by atoms with Crippen LogP contribution in [0.1, 0.15) is 11.5 Å². The van der Waals surface area contributed by atoms with Gasteiger partial charge in [0, 0.05) is 30.5 Å². The van der Waals surface area contributed by atoms with Crippen LogP contribution >= 0.6 is 23.5 Å². The molecule has 0 bridgehead atoms. The zero-order chi connectivity index (χ0) is 14.3. The molecule has 0 N–H and O–H groups in total. The molecular formula is C13H11N5OS2. The summed E-state index contributed by atoms with van der Waals surface area (Å²) in [6, 6.07) is 5.71. The molecule has 0 aliphatic carbocycles. The first-order chi connectivity index (χ1) is 10.4. The van der Waals surface area contributed by atoms with Gasteiger partial charge in [-0.1, -0.05) is 23.5 Å². The van der Waals surface area contributed by atoms with E-state index in [9.17, 15) is 0 Å². The first-order valence-electron chi connectivity index (χ1n) is 6.14. The van der Waals surface area contributed by atoms with Crippen molar-refractivity contribution in [2.75, 3.05) is 0 Å². The van der Waals surface area contributed by atoms with Crippen LogP contribution in [-0.2, 0) is 11.5 Å². The van der Waals surface area contributed by atoms with E-state index in [0.29, 0.717) is 22.0 Å². The van der Waals surface area contributed by atoms with Gasteiger partial charge >= 0.3 is 0 Å². The SMILES string of the molecule is c1cnc(SCc2nnc(SCc3ccncc3)o2)nc1. The summed E-state index contributed by atoms with van der Waals surface area (Å²) in [7, 11) is 0. The molecule has 0 unspecified atom stereocenters. The fourth-order valence-electron chi connectivity index (χ4n) is 1.47. The maximum absolute atomic E-state index is 5.58. The van der Waals surface area contributed by atoms with E-state index >= 15 is 0 Å². The van der Waals surface area contributed by atoms with Gasteiger partial charge in [0.1, 0.15) is 0 Å². The molecule has 3 aromatic rings. The van der Waals surface area contributed by atoms with Crippen molar-refractivity contribution in [2.45, 2.75) is 21.9 Å². The fraction of sp³-hybridized carbons (Fsp3) is 0.154. The number of nitrogens with zero attached hydrogens (tertiary/aromatic N) is 5. The van der Waals surface area contributed by atoms with Crippen molar-refractivity contribution >= 4 is 23.5 Å². The Balaban J connectivity index is 1.52. The molecule has 0 aliphatic rings. The standard InChI is InChI=1S/C13H11N5OS2/c1-4-15-12(16-5-1)20-9-11-17-18-13(19-11)21-8-10-2-6-14-7-3-10/h1-7H,8-9H2. The highest BCUT2D eigenvalue weighted by atomic mass is 32.2. The molecule has 0 amide bonds. The summed E-state index contributed by atoms with van der Waals surface area (Å²) in [5.41, 5.74) is 1.17. The second-order valence-corrected chi connectivity index (χ2v) is 5.79. The summed E-state index contributed by atoms with van der Waals surface area (Å²) >= 11 is 2.97. The zero-order valence-electron chi connectivity index (χ0n) is 10.9. The van der Waals surface area contributed by atoms with Gasteiger partial charge in [-0.25, -0.2) is 9.97 Å². The van der Waals surface area contributed by atoms with Gasteiger partial charge < -0.3 is 4.42 Å². The Hall–Kier alpha value is -1.93. The van der Waals surface area contributed by atoms with E-state index in [2.05, 4.69) is 25.1 Å². The molecule has 106 valence electrons. The van der Waals surface area contributed by atoms with Gasteiger partial charge in [-0.05, 0) is 23.8 Å². The predicted molar refractivity (Wildman–Crippen MR) is 79.7 cm³/mol. The van der Waals surface area contributed by atoms with Crippen LogP contribution in [0.15, 0.2) is 57.8 Å². The van der Waals surface area contributed by atoms with Crippen LogP contribution in [0.3, 0.4) is 0 Å². The third kappa shape index (κ3) is 4.27. The lowest BCUT2D eigenvalue weighted by Crippen LogP contribution is -1.85. The highest BCUT2D eigenvalue weighted by Gasteiger charge is 2.08. The summed E-state index contributed by atoms with van der Waals surface area (Å²) in [6.07, 6.45) is 6.95. The highest BCUT2D eigenvalue weighted by molar-refractivity contribution is 7.98. The quantitative estimate of drug-likeness (QED) is 0.507. The van der Waals surface area contributed by atoms with Crippen molar-refractivity contribution in [2.24, 2.45) is 0 Å². The number of thioether (sulfide) groups is 2. The van der Waals surface area contributed by atoms with Gasteiger partial charge in [-0.2, -0.15) is 0 Å². The molecule has 0 spiro atoms. The maximum Gasteiger partial charge on any atom is 0.276 e. The Morgan fingerprint density at radius 3 is 2.52 bits per heavy atom. The second kappa shape index (κ2) is 7.19. The smallest absolute Gasteiger partial charge is 0.276 e. The molecule has 3 heterocycles. The van der Waals surface area contributed by atoms with Crippen LogP contribution in [0.25, 0.3) is 0 Å². The summed E-state index contributed by atoms with van der Waals surface area (Å²) in [5.74, 6) is 1.91. The van der Waals surface area contributed by atoms with E-state index in [1.807, 2.05) is 12.1 Å². The van der Waals surface area contributed by atoms with E-state index in [0.717, 1.165) is 5.75 Å². The van der Waals surface area contributed by atoms with Gasteiger partial charge in [0.2, 0.25) is 5.89 Å². The molecule has 0 fully saturated rings. The minimum atomic E-state index is 0.562. The molecule has 21 heavy (non-hydrogen) atoms. The third-order valence-corrected chi connectivity index (χ3v) is 4.18. The van der Waals surface area contributed by atoms with Crippen molar-refractivity contribution in [3.05, 3.63) is 54.4 Å². The van der Waals surface area contributed by atoms with E-state index in [1.54, 1.807) is 30.9 Å². The molecular weight excluding hydrogens is 306 g/mol. The second-order valence-electron chi connectivity index (χ2n) is 3.93. The number of pyridine rings is 1. The van der Waals surface area contributed by atoms with Gasteiger partial charge in [-0.3, -0.25) is 4.98 Å². The summed E-state index contributed by atoms with van der Waals surface area (Å²) in [4.78, 5) is 12.2. The number of aromatic nitrogens is 5. The molecule has 3 rings (SSSR count). The fourth-order valence-corrected chi connectivity index (χ4v) is 2.84. The van der Waals surface area contributed by atoms with Crippen molar-refractivity contribution in [3.8, 4) is 0 Å². The summed E-state index contributed by atoms with van der Waals surface area (Å²) < 4.78 is 5.58. The molecule has 3 aromatic heterocycles. The van der Waals surface area contributed by atoms with Crippen molar-refractivity contribution in [1.82, 2.24) is 25.1 Å².